The molecule has 2 aromatic carbocycles. The zero-order valence-electron chi connectivity index (χ0n) is 10.6. The molecular formula is C16H15FO2. The summed E-state index contributed by atoms with van der Waals surface area (Å²) in [5, 5.41) is 10.3. The summed E-state index contributed by atoms with van der Waals surface area (Å²) in [6.45, 7) is 1.48. The Morgan fingerprint density at radius 3 is 2.26 bits per heavy atom. The molecule has 1 unspecified atom stereocenters. The average Bonchev–Trinajstić information content (AvgIpc) is 2.42. The van der Waals surface area contributed by atoms with Crippen LogP contribution in [-0.2, 0) is 16.8 Å². The Bertz CT molecular complexity index is 559. The van der Waals surface area contributed by atoms with Crippen molar-refractivity contribution < 1.29 is 14.3 Å². The van der Waals surface area contributed by atoms with Gasteiger partial charge in [0.1, 0.15) is 11.4 Å². The van der Waals surface area contributed by atoms with E-state index in [2.05, 4.69) is 0 Å². The van der Waals surface area contributed by atoms with Gasteiger partial charge < -0.3 is 5.11 Å². The van der Waals surface area contributed by atoms with Gasteiger partial charge in [-0.3, -0.25) is 4.79 Å². The van der Waals surface area contributed by atoms with E-state index in [-0.39, 0.29) is 18.0 Å². The Balaban J connectivity index is 2.17. The van der Waals surface area contributed by atoms with Gasteiger partial charge in [0.2, 0.25) is 0 Å². The van der Waals surface area contributed by atoms with Gasteiger partial charge in [0.25, 0.3) is 0 Å². The summed E-state index contributed by atoms with van der Waals surface area (Å²) in [7, 11) is 0. The lowest BCUT2D eigenvalue weighted by molar-refractivity contribution is -0.135. The molecule has 0 heterocycles. The second-order valence-corrected chi connectivity index (χ2v) is 4.66. The lowest BCUT2D eigenvalue weighted by Crippen LogP contribution is -2.33. The first-order chi connectivity index (χ1) is 9.00. The molecule has 0 aliphatic rings. The Morgan fingerprint density at radius 1 is 1.11 bits per heavy atom. The molecule has 0 saturated carbocycles. The number of aliphatic hydroxyl groups is 1. The molecule has 0 spiro atoms. The predicted molar refractivity (Wildman–Crippen MR) is 71.1 cm³/mol. The van der Waals surface area contributed by atoms with E-state index in [0.717, 1.165) is 0 Å². The molecule has 0 bridgehead atoms. The summed E-state index contributed by atoms with van der Waals surface area (Å²) >= 11 is 0. The van der Waals surface area contributed by atoms with Crippen LogP contribution in [0.4, 0.5) is 4.39 Å². The highest BCUT2D eigenvalue weighted by Gasteiger charge is 2.31. The normalized spacial score (nSPS) is 13.8. The molecule has 0 fully saturated rings. The molecule has 0 amide bonds. The number of Topliss-reactive ketones (excluding diaryl/α,β-unsaturated/α-hetero) is 1. The van der Waals surface area contributed by atoms with Gasteiger partial charge in [-0.05, 0) is 30.2 Å². The summed E-state index contributed by atoms with van der Waals surface area (Å²) in [6, 6.07) is 14.5. The quantitative estimate of drug-likeness (QED) is 0.915. The third-order valence-corrected chi connectivity index (χ3v) is 3.16. The molecule has 0 aliphatic carbocycles. The maximum absolute atomic E-state index is 12.8. The van der Waals surface area contributed by atoms with Crippen molar-refractivity contribution in [1.82, 2.24) is 0 Å². The number of benzene rings is 2. The van der Waals surface area contributed by atoms with Gasteiger partial charge in [-0.25, -0.2) is 4.39 Å². The fourth-order valence-corrected chi connectivity index (χ4v) is 1.88. The molecule has 0 aliphatic heterocycles. The Morgan fingerprint density at radius 2 is 1.68 bits per heavy atom. The molecule has 1 N–H and O–H groups in total. The van der Waals surface area contributed by atoms with Crippen molar-refractivity contribution in [1.29, 1.82) is 0 Å². The molecule has 3 heteroatoms. The van der Waals surface area contributed by atoms with Crippen LogP contribution in [0.5, 0.6) is 0 Å². The van der Waals surface area contributed by atoms with Crippen LogP contribution in [0.2, 0.25) is 0 Å². The molecule has 0 aromatic heterocycles. The lowest BCUT2D eigenvalue weighted by Gasteiger charge is -2.22. The summed E-state index contributed by atoms with van der Waals surface area (Å²) in [6.07, 6.45) is 0.0716. The molecule has 19 heavy (non-hydrogen) atoms. The minimum Gasteiger partial charge on any atom is -0.378 e. The van der Waals surface area contributed by atoms with Crippen molar-refractivity contribution in [3.8, 4) is 0 Å². The first-order valence-electron chi connectivity index (χ1n) is 6.06. The van der Waals surface area contributed by atoms with Crippen LogP contribution in [0.1, 0.15) is 18.1 Å². The van der Waals surface area contributed by atoms with Gasteiger partial charge in [0.05, 0.1) is 0 Å². The first-order valence-corrected chi connectivity index (χ1v) is 6.06. The van der Waals surface area contributed by atoms with Crippen molar-refractivity contribution in [3.05, 3.63) is 71.5 Å². The highest BCUT2D eigenvalue weighted by Crippen LogP contribution is 2.23. The topological polar surface area (TPSA) is 37.3 Å². The fourth-order valence-electron chi connectivity index (χ4n) is 1.88. The van der Waals surface area contributed by atoms with E-state index in [0.29, 0.717) is 11.1 Å². The van der Waals surface area contributed by atoms with Crippen LogP contribution in [-0.4, -0.2) is 10.9 Å². The van der Waals surface area contributed by atoms with E-state index in [1.54, 1.807) is 36.4 Å². The number of halogens is 1. The van der Waals surface area contributed by atoms with Crippen LogP contribution in [0.15, 0.2) is 54.6 Å². The third-order valence-electron chi connectivity index (χ3n) is 3.16. The molecular weight excluding hydrogens is 243 g/mol. The smallest absolute Gasteiger partial charge is 0.172 e. The predicted octanol–water partition coefficient (Wildman–Crippen LogP) is 2.85. The number of carbonyl (C=O) groups excluding carboxylic acids is 1. The number of hydrogen-bond acceptors (Lipinski definition) is 2. The van der Waals surface area contributed by atoms with Gasteiger partial charge in [-0.2, -0.15) is 0 Å². The zero-order valence-corrected chi connectivity index (χ0v) is 10.6. The van der Waals surface area contributed by atoms with E-state index >= 15 is 0 Å². The molecule has 0 radical (unpaired) electrons. The molecule has 2 aromatic rings. The standard InChI is InChI=1S/C16H15FO2/c1-16(19,13-5-3-2-4-6-13)15(18)11-12-7-9-14(17)10-8-12/h2-10,19H,11H2,1H3. The van der Waals surface area contributed by atoms with E-state index < -0.39 is 5.60 Å². The van der Waals surface area contributed by atoms with E-state index in [1.165, 1.54) is 19.1 Å². The summed E-state index contributed by atoms with van der Waals surface area (Å²) in [5.74, 6) is -0.656. The van der Waals surface area contributed by atoms with Crippen LogP contribution in [0, 0.1) is 5.82 Å². The van der Waals surface area contributed by atoms with Gasteiger partial charge in [0.15, 0.2) is 5.78 Å². The molecule has 98 valence electrons. The number of carbonyl (C=O) groups is 1. The number of ketones is 1. The van der Waals surface area contributed by atoms with Gasteiger partial charge in [0, 0.05) is 6.42 Å². The monoisotopic (exact) mass is 258 g/mol. The van der Waals surface area contributed by atoms with Crippen molar-refractivity contribution >= 4 is 5.78 Å². The third kappa shape index (κ3) is 3.06. The maximum atomic E-state index is 12.8. The van der Waals surface area contributed by atoms with Crippen molar-refractivity contribution in [2.75, 3.05) is 0 Å². The van der Waals surface area contributed by atoms with E-state index in [1.807, 2.05) is 6.07 Å². The van der Waals surface area contributed by atoms with Crippen LogP contribution < -0.4 is 0 Å². The van der Waals surface area contributed by atoms with Gasteiger partial charge >= 0.3 is 0 Å². The van der Waals surface area contributed by atoms with Gasteiger partial charge in [-0.1, -0.05) is 42.5 Å². The van der Waals surface area contributed by atoms with Crippen LogP contribution in [0.3, 0.4) is 0 Å². The second-order valence-electron chi connectivity index (χ2n) is 4.66. The minimum atomic E-state index is -1.53. The van der Waals surface area contributed by atoms with Crippen LogP contribution in [0.25, 0.3) is 0 Å². The second kappa shape index (κ2) is 5.33. The Kier molecular flexibility index (Phi) is 3.76. The summed E-state index contributed by atoms with van der Waals surface area (Å²) < 4.78 is 12.8. The maximum Gasteiger partial charge on any atom is 0.172 e. The molecule has 2 nitrogen and oxygen atoms in total. The lowest BCUT2D eigenvalue weighted by atomic mass is 9.88. The molecule has 0 saturated heterocycles. The fraction of sp³-hybridized carbons (Fsp3) is 0.188. The summed E-state index contributed by atoms with van der Waals surface area (Å²) in [4.78, 5) is 12.2. The number of rotatable bonds is 4. The summed E-state index contributed by atoms with van der Waals surface area (Å²) in [5.41, 5.74) is -0.292. The largest absolute Gasteiger partial charge is 0.378 e. The van der Waals surface area contributed by atoms with Crippen molar-refractivity contribution in [3.63, 3.8) is 0 Å². The highest BCUT2D eigenvalue weighted by atomic mass is 19.1. The van der Waals surface area contributed by atoms with E-state index in [4.69, 9.17) is 0 Å². The Labute approximate surface area is 111 Å². The van der Waals surface area contributed by atoms with Crippen molar-refractivity contribution in [2.24, 2.45) is 0 Å². The SMILES string of the molecule is CC(O)(C(=O)Cc1ccc(F)cc1)c1ccccc1. The Hall–Kier alpha value is -2.00. The minimum absolute atomic E-state index is 0.0716. The van der Waals surface area contributed by atoms with E-state index in [9.17, 15) is 14.3 Å². The number of hydrogen-bond donors (Lipinski definition) is 1. The highest BCUT2D eigenvalue weighted by molar-refractivity contribution is 5.89. The van der Waals surface area contributed by atoms with Crippen LogP contribution >= 0.6 is 0 Å². The van der Waals surface area contributed by atoms with Crippen molar-refractivity contribution in [2.45, 2.75) is 18.9 Å². The molecule has 2 rings (SSSR count). The first kappa shape index (κ1) is 13.4. The zero-order chi connectivity index (χ0) is 13.9. The average molecular weight is 258 g/mol. The van der Waals surface area contributed by atoms with Gasteiger partial charge in [-0.15, -0.1) is 0 Å². The molecule has 1 atom stereocenters.